The second kappa shape index (κ2) is 5.99. The average Bonchev–Trinajstić information content (AvgIpc) is 3.08. The maximum absolute atomic E-state index is 13.2. The first kappa shape index (κ1) is 14.9. The molecule has 0 amide bonds. The molecule has 0 saturated carbocycles. The summed E-state index contributed by atoms with van der Waals surface area (Å²) in [5.74, 6) is 0.126. The number of hydrogen-bond acceptors (Lipinski definition) is 3. The summed E-state index contributed by atoms with van der Waals surface area (Å²) >= 11 is 0.946. The van der Waals surface area contributed by atoms with E-state index in [-0.39, 0.29) is 16.7 Å². The van der Waals surface area contributed by atoms with Gasteiger partial charge in [0.2, 0.25) is 0 Å². The number of nitrogens with zero attached hydrogens (tertiary/aromatic N) is 4. The molecule has 4 nitrogen and oxygen atoms in total. The summed E-state index contributed by atoms with van der Waals surface area (Å²) in [4.78, 5) is 7.95. The van der Waals surface area contributed by atoms with Crippen molar-refractivity contribution < 1.29 is 17.6 Å². The molecule has 116 valence electrons. The van der Waals surface area contributed by atoms with Gasteiger partial charge in [0, 0.05) is 12.4 Å². The van der Waals surface area contributed by atoms with Gasteiger partial charge in [0.05, 0.1) is 16.8 Å². The zero-order chi connectivity index (χ0) is 15.7. The summed E-state index contributed by atoms with van der Waals surface area (Å²) in [5, 5.41) is 0.0695. The highest BCUT2D eigenvalue weighted by molar-refractivity contribution is 7.98. The van der Waals surface area contributed by atoms with Gasteiger partial charge in [-0.2, -0.15) is 17.6 Å². The molecule has 2 heterocycles. The lowest BCUT2D eigenvalue weighted by molar-refractivity contribution is 0.0650. The minimum atomic E-state index is -2.76. The molecule has 1 aromatic carbocycles. The minimum Gasteiger partial charge on any atom is -0.277 e. The number of alkyl halides is 4. The number of imidazole rings is 2. The molecule has 22 heavy (non-hydrogen) atoms. The van der Waals surface area contributed by atoms with Gasteiger partial charge >= 0.3 is 13.1 Å². The predicted octanol–water partition coefficient (Wildman–Crippen LogP) is 4.32. The Morgan fingerprint density at radius 2 is 1.86 bits per heavy atom. The third-order valence-electron chi connectivity index (χ3n) is 3.05. The van der Waals surface area contributed by atoms with E-state index in [9.17, 15) is 17.6 Å². The third kappa shape index (κ3) is 2.68. The Hall–Kier alpha value is -2.03. The van der Waals surface area contributed by atoms with Crippen LogP contribution in [-0.4, -0.2) is 19.1 Å². The van der Waals surface area contributed by atoms with E-state index in [1.54, 1.807) is 24.3 Å². The lowest BCUT2D eigenvalue weighted by atomic mass is 10.3. The van der Waals surface area contributed by atoms with E-state index in [0.29, 0.717) is 15.6 Å². The summed E-state index contributed by atoms with van der Waals surface area (Å²) in [5.41, 5.74) is 0.736. The molecule has 0 radical (unpaired) electrons. The molecule has 0 unspecified atom stereocenters. The number of rotatable bonds is 5. The first-order valence-corrected chi connectivity index (χ1v) is 7.24. The second-order valence-corrected chi connectivity index (χ2v) is 5.29. The fraction of sp³-hybridized carbons (Fsp3) is 0.231. The summed E-state index contributed by atoms with van der Waals surface area (Å²) in [6.45, 7) is -5.48. The van der Waals surface area contributed by atoms with Crippen molar-refractivity contribution in [3.8, 4) is 0 Å². The molecule has 3 aromatic rings. The Labute approximate surface area is 126 Å². The molecule has 9 heteroatoms. The van der Waals surface area contributed by atoms with Gasteiger partial charge in [0.25, 0.3) is 0 Å². The maximum Gasteiger partial charge on any atom is 0.321 e. The lowest BCUT2D eigenvalue weighted by Gasteiger charge is -2.08. The first-order chi connectivity index (χ1) is 10.6. The molecule has 0 fully saturated rings. The summed E-state index contributed by atoms with van der Waals surface area (Å²) in [7, 11) is 0. The fourth-order valence-corrected chi connectivity index (χ4v) is 3.04. The zero-order valence-electron chi connectivity index (χ0n) is 11.0. The van der Waals surface area contributed by atoms with E-state index >= 15 is 0 Å². The van der Waals surface area contributed by atoms with Gasteiger partial charge in [-0.3, -0.25) is 9.13 Å². The number of aromatic nitrogens is 4. The highest BCUT2D eigenvalue weighted by Crippen LogP contribution is 2.31. The molecule has 0 N–H and O–H groups in total. The molecular weight excluding hydrogens is 320 g/mol. The van der Waals surface area contributed by atoms with Gasteiger partial charge in [0.1, 0.15) is 5.82 Å². The van der Waals surface area contributed by atoms with Crippen LogP contribution in [0.25, 0.3) is 11.0 Å². The minimum absolute atomic E-state index is 0.0212. The van der Waals surface area contributed by atoms with Crippen LogP contribution < -0.4 is 0 Å². The third-order valence-corrected chi connectivity index (χ3v) is 4.00. The lowest BCUT2D eigenvalue weighted by Crippen LogP contribution is -2.04. The largest absolute Gasteiger partial charge is 0.321 e. The van der Waals surface area contributed by atoms with E-state index in [4.69, 9.17) is 0 Å². The van der Waals surface area contributed by atoms with Gasteiger partial charge in [-0.05, 0) is 12.1 Å². The van der Waals surface area contributed by atoms with E-state index in [2.05, 4.69) is 9.97 Å². The summed E-state index contributed by atoms with van der Waals surface area (Å²) in [6.07, 6.45) is 2.40. The number of halogens is 4. The normalized spacial score (nSPS) is 11.9. The van der Waals surface area contributed by atoms with E-state index in [1.807, 2.05) is 0 Å². The van der Waals surface area contributed by atoms with Gasteiger partial charge in [-0.1, -0.05) is 23.9 Å². The van der Waals surface area contributed by atoms with Crippen molar-refractivity contribution in [1.82, 2.24) is 19.1 Å². The predicted molar refractivity (Wildman–Crippen MR) is 74.0 cm³/mol. The molecule has 2 aromatic heterocycles. The molecule has 0 aliphatic rings. The monoisotopic (exact) mass is 330 g/mol. The van der Waals surface area contributed by atoms with E-state index in [1.165, 1.54) is 6.20 Å². The van der Waals surface area contributed by atoms with Crippen LogP contribution in [0, 0.1) is 0 Å². The van der Waals surface area contributed by atoms with Crippen LogP contribution in [0.3, 0.4) is 0 Å². The van der Waals surface area contributed by atoms with Crippen LogP contribution in [0.15, 0.2) is 41.8 Å². The first-order valence-electron chi connectivity index (χ1n) is 6.25. The number of fused-ring (bicyclic) bond motifs is 1. The highest BCUT2D eigenvalue weighted by atomic mass is 32.2. The molecule has 3 rings (SSSR count). The van der Waals surface area contributed by atoms with E-state index in [0.717, 1.165) is 22.5 Å². The Bertz CT molecular complexity index is 783. The van der Waals surface area contributed by atoms with E-state index < -0.39 is 13.1 Å². The van der Waals surface area contributed by atoms with Gasteiger partial charge in [-0.25, -0.2) is 9.97 Å². The van der Waals surface area contributed by atoms with Crippen molar-refractivity contribution in [3.05, 3.63) is 42.5 Å². The van der Waals surface area contributed by atoms with Crippen molar-refractivity contribution in [1.29, 1.82) is 0 Å². The van der Waals surface area contributed by atoms with Crippen LogP contribution in [0.5, 0.6) is 0 Å². The molecule has 0 saturated heterocycles. The molecule has 0 atom stereocenters. The number of para-hydroxylation sites is 2. The van der Waals surface area contributed by atoms with Crippen molar-refractivity contribution >= 4 is 22.8 Å². The average molecular weight is 330 g/mol. The zero-order valence-corrected chi connectivity index (χ0v) is 11.9. The SMILES string of the molecule is FC(F)n1ccnc1CSc1nc2ccccc2n1C(F)F. The Balaban J connectivity index is 1.90. The van der Waals surface area contributed by atoms with Crippen LogP contribution in [-0.2, 0) is 5.75 Å². The van der Waals surface area contributed by atoms with Crippen molar-refractivity contribution in [2.75, 3.05) is 0 Å². The Kier molecular flexibility index (Phi) is 4.06. The number of thioether (sulfide) groups is 1. The number of hydrogen-bond donors (Lipinski definition) is 0. The highest BCUT2D eigenvalue weighted by Gasteiger charge is 2.19. The fourth-order valence-electron chi connectivity index (χ4n) is 2.08. The Morgan fingerprint density at radius 1 is 1.09 bits per heavy atom. The van der Waals surface area contributed by atoms with Gasteiger partial charge in [-0.15, -0.1) is 0 Å². The van der Waals surface area contributed by atoms with Crippen LogP contribution >= 0.6 is 11.8 Å². The summed E-state index contributed by atoms with van der Waals surface area (Å²) in [6, 6.07) is 6.50. The Morgan fingerprint density at radius 3 is 2.59 bits per heavy atom. The van der Waals surface area contributed by atoms with Crippen LogP contribution in [0.2, 0.25) is 0 Å². The second-order valence-electron chi connectivity index (χ2n) is 4.35. The maximum atomic E-state index is 13.2. The molecule has 0 spiro atoms. The smallest absolute Gasteiger partial charge is 0.277 e. The standard InChI is InChI=1S/C13H10F4N4S/c14-11(15)20-6-5-18-10(20)7-22-13-19-8-3-1-2-4-9(8)21(13)12(16)17/h1-6,11-12H,7H2. The number of benzene rings is 1. The van der Waals surface area contributed by atoms with Crippen molar-refractivity contribution in [2.45, 2.75) is 24.0 Å². The topological polar surface area (TPSA) is 35.6 Å². The quantitative estimate of drug-likeness (QED) is 0.516. The molecular formula is C13H10F4N4S. The van der Waals surface area contributed by atoms with Crippen LogP contribution in [0.1, 0.15) is 18.9 Å². The van der Waals surface area contributed by atoms with Gasteiger partial charge < -0.3 is 0 Å². The van der Waals surface area contributed by atoms with Crippen molar-refractivity contribution in [2.24, 2.45) is 0 Å². The van der Waals surface area contributed by atoms with Crippen molar-refractivity contribution in [3.63, 3.8) is 0 Å². The molecule has 0 bridgehead atoms. The van der Waals surface area contributed by atoms with Crippen LogP contribution in [0.4, 0.5) is 17.6 Å². The summed E-state index contributed by atoms with van der Waals surface area (Å²) < 4.78 is 53.4. The molecule has 0 aliphatic heterocycles. The van der Waals surface area contributed by atoms with Gasteiger partial charge in [0.15, 0.2) is 5.16 Å². The molecule has 0 aliphatic carbocycles.